The minimum absolute atomic E-state index is 0.548. The molecule has 2 N–H and O–H groups in total. The Morgan fingerprint density at radius 3 is 2.78 bits per heavy atom. The summed E-state index contributed by atoms with van der Waals surface area (Å²) in [6.45, 7) is 2.64. The van der Waals surface area contributed by atoms with Crippen molar-refractivity contribution in [1.82, 2.24) is 4.98 Å². The van der Waals surface area contributed by atoms with Crippen LogP contribution in [0.15, 0.2) is 18.2 Å². The van der Waals surface area contributed by atoms with Crippen molar-refractivity contribution in [2.24, 2.45) is 5.73 Å². The number of aromatic nitrogens is 1. The van der Waals surface area contributed by atoms with Crippen molar-refractivity contribution in [3.8, 4) is 5.75 Å². The molecule has 0 saturated heterocycles. The van der Waals surface area contributed by atoms with E-state index in [1.807, 2.05) is 6.07 Å². The molecule has 0 atom stereocenters. The first-order chi connectivity index (χ1) is 8.74. The van der Waals surface area contributed by atoms with E-state index in [0.29, 0.717) is 12.5 Å². The van der Waals surface area contributed by atoms with Crippen molar-refractivity contribution in [2.45, 2.75) is 32.2 Å². The number of methoxy groups -OCH3 is 1. The average Bonchev–Trinajstić information content (AvgIpc) is 3.22. The molecule has 3 nitrogen and oxygen atoms in total. The maximum atomic E-state index is 5.90. The lowest BCUT2D eigenvalue weighted by Crippen LogP contribution is -2.03. The first-order valence-electron chi connectivity index (χ1n) is 6.41. The van der Waals surface area contributed by atoms with Crippen molar-refractivity contribution in [2.75, 3.05) is 7.11 Å². The van der Waals surface area contributed by atoms with Gasteiger partial charge >= 0.3 is 0 Å². The minimum Gasteiger partial charge on any atom is -0.494 e. The molecule has 1 aliphatic carbocycles. The molecule has 3 rings (SSSR count). The topological polar surface area (TPSA) is 48.1 Å². The standard InChI is InChI=1S/C15H18N2O/c1-9-3-6-13(18-2)15-14(9)11(8-16)7-12(17-15)10-4-5-10/h3,6-7,10H,4-5,8,16H2,1-2H3. The Kier molecular flexibility index (Phi) is 2.71. The van der Waals surface area contributed by atoms with E-state index in [9.17, 15) is 0 Å². The van der Waals surface area contributed by atoms with E-state index in [-0.39, 0.29) is 0 Å². The van der Waals surface area contributed by atoms with E-state index in [0.717, 1.165) is 16.7 Å². The molecule has 1 aromatic heterocycles. The van der Waals surface area contributed by atoms with Crippen molar-refractivity contribution in [3.05, 3.63) is 35.0 Å². The molecule has 1 heterocycles. The highest BCUT2D eigenvalue weighted by molar-refractivity contribution is 5.90. The fourth-order valence-electron chi connectivity index (χ4n) is 2.52. The van der Waals surface area contributed by atoms with Gasteiger partial charge in [0.15, 0.2) is 0 Å². The molecule has 1 aromatic carbocycles. The Labute approximate surface area is 107 Å². The number of fused-ring (bicyclic) bond motifs is 1. The monoisotopic (exact) mass is 242 g/mol. The van der Waals surface area contributed by atoms with Gasteiger partial charge in [-0.2, -0.15) is 0 Å². The minimum atomic E-state index is 0.548. The van der Waals surface area contributed by atoms with Gasteiger partial charge in [-0.05, 0) is 43.0 Å². The highest BCUT2D eigenvalue weighted by Gasteiger charge is 2.26. The third-order valence-corrected chi connectivity index (χ3v) is 3.67. The molecular weight excluding hydrogens is 224 g/mol. The maximum absolute atomic E-state index is 5.90. The highest BCUT2D eigenvalue weighted by Crippen LogP contribution is 2.41. The van der Waals surface area contributed by atoms with Gasteiger partial charge in [0.2, 0.25) is 0 Å². The quantitative estimate of drug-likeness (QED) is 0.900. The predicted molar refractivity (Wildman–Crippen MR) is 72.9 cm³/mol. The molecule has 18 heavy (non-hydrogen) atoms. The zero-order valence-corrected chi connectivity index (χ0v) is 10.9. The van der Waals surface area contributed by atoms with Crippen LogP contribution in [0, 0.1) is 6.92 Å². The van der Waals surface area contributed by atoms with Crippen LogP contribution in [0.4, 0.5) is 0 Å². The summed E-state index contributed by atoms with van der Waals surface area (Å²) in [6.07, 6.45) is 2.49. The van der Waals surface area contributed by atoms with Crippen LogP contribution in [-0.4, -0.2) is 12.1 Å². The summed E-state index contributed by atoms with van der Waals surface area (Å²) in [5.41, 5.74) is 10.4. The zero-order valence-electron chi connectivity index (χ0n) is 10.9. The highest BCUT2D eigenvalue weighted by atomic mass is 16.5. The smallest absolute Gasteiger partial charge is 0.145 e. The number of nitrogens with two attached hydrogens (primary N) is 1. The summed E-state index contributed by atoms with van der Waals surface area (Å²) in [7, 11) is 1.69. The molecule has 0 radical (unpaired) electrons. The summed E-state index contributed by atoms with van der Waals surface area (Å²) in [5.74, 6) is 1.47. The Bertz CT molecular complexity index is 603. The van der Waals surface area contributed by atoms with Crippen LogP contribution in [0.25, 0.3) is 10.9 Å². The van der Waals surface area contributed by atoms with Gasteiger partial charge in [0.25, 0.3) is 0 Å². The molecular formula is C15H18N2O. The molecule has 0 spiro atoms. The Hall–Kier alpha value is -1.61. The second-order valence-electron chi connectivity index (χ2n) is 4.99. The number of benzene rings is 1. The van der Waals surface area contributed by atoms with Crippen molar-refractivity contribution in [3.63, 3.8) is 0 Å². The molecule has 1 saturated carbocycles. The number of hydrogen-bond acceptors (Lipinski definition) is 3. The Morgan fingerprint density at radius 2 is 2.17 bits per heavy atom. The maximum Gasteiger partial charge on any atom is 0.145 e. The fourth-order valence-corrected chi connectivity index (χ4v) is 2.52. The number of rotatable bonds is 3. The van der Waals surface area contributed by atoms with Gasteiger partial charge in [0, 0.05) is 23.5 Å². The zero-order chi connectivity index (χ0) is 12.7. The molecule has 3 heteroatoms. The van der Waals surface area contributed by atoms with E-state index >= 15 is 0 Å². The number of pyridine rings is 1. The molecule has 1 fully saturated rings. The molecule has 0 amide bonds. The SMILES string of the molecule is COc1ccc(C)c2c(CN)cc(C3CC3)nc12. The van der Waals surface area contributed by atoms with E-state index in [2.05, 4.69) is 19.1 Å². The van der Waals surface area contributed by atoms with Crippen LogP contribution in [0.2, 0.25) is 0 Å². The third kappa shape index (κ3) is 1.75. The number of ether oxygens (including phenoxy) is 1. The van der Waals surface area contributed by atoms with Gasteiger partial charge in [0.05, 0.1) is 7.11 Å². The van der Waals surface area contributed by atoms with Crippen molar-refractivity contribution < 1.29 is 4.74 Å². The Balaban J connectivity index is 2.34. The molecule has 94 valence electrons. The number of nitrogens with zero attached hydrogens (tertiary/aromatic N) is 1. The van der Waals surface area contributed by atoms with Crippen LogP contribution >= 0.6 is 0 Å². The van der Waals surface area contributed by atoms with E-state index in [4.69, 9.17) is 15.5 Å². The second kappa shape index (κ2) is 4.25. The summed E-state index contributed by atoms with van der Waals surface area (Å²) >= 11 is 0. The van der Waals surface area contributed by atoms with Crippen molar-refractivity contribution >= 4 is 10.9 Å². The first kappa shape index (κ1) is 11.5. The van der Waals surface area contributed by atoms with Crippen LogP contribution in [0.5, 0.6) is 5.75 Å². The summed E-state index contributed by atoms with van der Waals surface area (Å²) in [6, 6.07) is 6.23. The molecule has 0 bridgehead atoms. The fraction of sp³-hybridized carbons (Fsp3) is 0.400. The summed E-state index contributed by atoms with van der Waals surface area (Å²) in [5, 5.41) is 1.15. The van der Waals surface area contributed by atoms with Gasteiger partial charge in [0.1, 0.15) is 11.3 Å². The largest absolute Gasteiger partial charge is 0.494 e. The van der Waals surface area contributed by atoms with Gasteiger partial charge in [-0.3, -0.25) is 0 Å². The third-order valence-electron chi connectivity index (χ3n) is 3.67. The van der Waals surface area contributed by atoms with Gasteiger partial charge in [-0.25, -0.2) is 4.98 Å². The van der Waals surface area contributed by atoms with Crippen LogP contribution < -0.4 is 10.5 Å². The lowest BCUT2D eigenvalue weighted by Gasteiger charge is -2.13. The lowest BCUT2D eigenvalue weighted by atomic mass is 10.0. The second-order valence-corrected chi connectivity index (χ2v) is 4.99. The van der Waals surface area contributed by atoms with Crippen molar-refractivity contribution in [1.29, 1.82) is 0 Å². The first-order valence-corrected chi connectivity index (χ1v) is 6.41. The normalized spacial score (nSPS) is 15.1. The van der Waals surface area contributed by atoms with Gasteiger partial charge in [-0.1, -0.05) is 6.07 Å². The van der Waals surface area contributed by atoms with E-state index in [1.165, 1.54) is 29.7 Å². The molecule has 1 aliphatic rings. The predicted octanol–water partition coefficient (Wildman–Crippen LogP) is 2.89. The van der Waals surface area contributed by atoms with Crippen LogP contribution in [0.1, 0.15) is 35.6 Å². The average molecular weight is 242 g/mol. The van der Waals surface area contributed by atoms with Gasteiger partial charge < -0.3 is 10.5 Å². The number of hydrogen-bond donors (Lipinski definition) is 1. The van der Waals surface area contributed by atoms with Crippen LogP contribution in [0.3, 0.4) is 0 Å². The lowest BCUT2D eigenvalue weighted by molar-refractivity contribution is 0.418. The summed E-state index contributed by atoms with van der Waals surface area (Å²) < 4.78 is 5.43. The number of aryl methyl sites for hydroxylation is 1. The van der Waals surface area contributed by atoms with E-state index < -0.39 is 0 Å². The Morgan fingerprint density at radius 1 is 1.39 bits per heavy atom. The van der Waals surface area contributed by atoms with E-state index in [1.54, 1.807) is 7.11 Å². The molecule has 2 aromatic rings. The summed E-state index contributed by atoms with van der Waals surface area (Å²) in [4.78, 5) is 4.80. The molecule has 0 aliphatic heterocycles. The van der Waals surface area contributed by atoms with Gasteiger partial charge in [-0.15, -0.1) is 0 Å². The van der Waals surface area contributed by atoms with Crippen LogP contribution in [-0.2, 0) is 6.54 Å². The molecule has 0 unspecified atom stereocenters.